The number of hydrogen-bond donors (Lipinski definition) is 2. The molecule has 3 aromatic carbocycles. The number of esters is 1. The van der Waals surface area contributed by atoms with Gasteiger partial charge in [-0.15, -0.1) is 0 Å². The number of benzene rings is 3. The van der Waals surface area contributed by atoms with Crippen LogP contribution in [0.4, 0.5) is 17.1 Å². The summed E-state index contributed by atoms with van der Waals surface area (Å²) >= 11 is 0. The lowest BCUT2D eigenvalue weighted by Crippen LogP contribution is -2.16. The number of non-ortho nitro benzene ring substituents is 1. The van der Waals surface area contributed by atoms with Crippen LogP contribution in [0.2, 0.25) is 0 Å². The van der Waals surface area contributed by atoms with Gasteiger partial charge in [-0.3, -0.25) is 20.3 Å². The van der Waals surface area contributed by atoms with Gasteiger partial charge in [0.05, 0.1) is 35.2 Å². The molecule has 10 nitrogen and oxygen atoms in total. The van der Waals surface area contributed by atoms with Crippen molar-refractivity contribution >= 4 is 39.3 Å². The molecule has 176 valence electrons. The molecule has 2 N–H and O–H groups in total. The van der Waals surface area contributed by atoms with Crippen molar-refractivity contribution in [2.24, 2.45) is 5.10 Å². The van der Waals surface area contributed by atoms with Crippen molar-refractivity contribution in [1.82, 2.24) is 0 Å². The number of nitro benzene ring substituents is 1. The molecule has 0 aliphatic rings. The number of carbonyl (C=O) groups excluding carboxylic acids is 1. The zero-order valence-electron chi connectivity index (χ0n) is 18.6. The molecule has 34 heavy (non-hydrogen) atoms. The number of nitrogens with one attached hydrogen (secondary N) is 2. The topological polar surface area (TPSA) is 140 Å². The summed E-state index contributed by atoms with van der Waals surface area (Å²) in [6.45, 7) is 3.64. The fourth-order valence-corrected chi connectivity index (χ4v) is 4.37. The van der Waals surface area contributed by atoms with Crippen molar-refractivity contribution in [1.29, 1.82) is 0 Å². The van der Waals surface area contributed by atoms with Crippen molar-refractivity contribution in [3.8, 4) is 0 Å². The van der Waals surface area contributed by atoms with Gasteiger partial charge in [0.1, 0.15) is 4.90 Å². The average molecular weight is 483 g/mol. The van der Waals surface area contributed by atoms with Crippen LogP contribution in [0.25, 0.3) is 0 Å². The summed E-state index contributed by atoms with van der Waals surface area (Å²) in [6.07, 6.45) is 1.41. The quantitative estimate of drug-likeness (QED) is 0.212. The summed E-state index contributed by atoms with van der Waals surface area (Å²) in [5, 5.41) is 15.3. The van der Waals surface area contributed by atoms with Crippen LogP contribution in [-0.4, -0.2) is 32.6 Å². The highest BCUT2D eigenvalue weighted by atomic mass is 32.2. The van der Waals surface area contributed by atoms with Gasteiger partial charge in [0.2, 0.25) is 0 Å². The molecule has 0 aliphatic heterocycles. The Balaban J connectivity index is 1.90. The van der Waals surface area contributed by atoms with Gasteiger partial charge in [-0.25, -0.2) is 13.2 Å². The average Bonchev–Trinajstić information content (AvgIpc) is 2.80. The predicted octanol–water partition coefficient (Wildman–Crippen LogP) is 4.25. The zero-order valence-corrected chi connectivity index (χ0v) is 19.4. The first kappa shape index (κ1) is 24.4. The van der Waals surface area contributed by atoms with Gasteiger partial charge in [0, 0.05) is 12.1 Å². The predicted molar refractivity (Wildman–Crippen MR) is 129 cm³/mol. The number of aryl methyl sites for hydroxylation is 2. The first-order chi connectivity index (χ1) is 16.1. The summed E-state index contributed by atoms with van der Waals surface area (Å²) in [6, 6.07) is 15.0. The highest BCUT2D eigenvalue weighted by Gasteiger charge is 2.23. The van der Waals surface area contributed by atoms with E-state index in [1.54, 1.807) is 43.3 Å². The van der Waals surface area contributed by atoms with Crippen LogP contribution >= 0.6 is 0 Å². The highest BCUT2D eigenvalue weighted by Crippen LogP contribution is 2.29. The molecular weight excluding hydrogens is 460 g/mol. The molecule has 0 aliphatic carbocycles. The second-order valence-electron chi connectivity index (χ2n) is 7.35. The van der Waals surface area contributed by atoms with Gasteiger partial charge in [0.25, 0.3) is 15.7 Å². The molecule has 3 rings (SSSR count). The number of nitro groups is 1. The van der Waals surface area contributed by atoms with Crippen molar-refractivity contribution < 1.29 is 22.9 Å². The Bertz CT molecular complexity index is 1370. The number of nitrogens with zero attached hydrogens (tertiary/aromatic N) is 2. The van der Waals surface area contributed by atoms with E-state index < -0.39 is 20.9 Å². The fourth-order valence-electron chi connectivity index (χ4n) is 3.07. The van der Waals surface area contributed by atoms with Crippen LogP contribution in [0, 0.1) is 24.0 Å². The third-order valence-electron chi connectivity index (χ3n) is 4.82. The number of ether oxygens (including phenoxy) is 1. The number of anilines is 2. The van der Waals surface area contributed by atoms with Gasteiger partial charge >= 0.3 is 5.97 Å². The maximum atomic E-state index is 13.1. The third-order valence-corrected chi connectivity index (χ3v) is 6.23. The number of rotatable bonds is 8. The van der Waals surface area contributed by atoms with E-state index in [9.17, 15) is 23.3 Å². The standard InChI is InChI=1S/C23H22N4O6S/c1-15-4-10-20(16(2)12-15)26-34(31,32)22-13-19(27(29)30)9-11-21(22)25-24-14-17-5-7-18(8-6-17)23(28)33-3/h4-14,25-26H,1-3H3/b24-14+. The van der Waals surface area contributed by atoms with Crippen LogP contribution in [-0.2, 0) is 14.8 Å². The van der Waals surface area contributed by atoms with Crippen molar-refractivity contribution in [3.05, 3.63) is 93.0 Å². The van der Waals surface area contributed by atoms with E-state index in [4.69, 9.17) is 0 Å². The van der Waals surface area contributed by atoms with Crippen LogP contribution in [0.15, 0.2) is 70.7 Å². The van der Waals surface area contributed by atoms with Crippen molar-refractivity contribution in [2.45, 2.75) is 18.7 Å². The number of sulfonamides is 1. The molecule has 0 bridgehead atoms. The molecule has 0 aromatic heterocycles. The van der Waals surface area contributed by atoms with E-state index in [1.807, 2.05) is 13.0 Å². The molecule has 11 heteroatoms. The minimum atomic E-state index is -4.19. The monoisotopic (exact) mass is 482 g/mol. The Morgan fingerprint density at radius 3 is 2.32 bits per heavy atom. The van der Waals surface area contributed by atoms with E-state index in [2.05, 4.69) is 20.0 Å². The Hall–Kier alpha value is -4.25. The number of hydrogen-bond acceptors (Lipinski definition) is 8. The Kier molecular flexibility index (Phi) is 7.27. The largest absolute Gasteiger partial charge is 0.465 e. The second kappa shape index (κ2) is 10.1. The first-order valence-corrected chi connectivity index (χ1v) is 11.4. The van der Waals surface area contributed by atoms with Crippen molar-refractivity contribution in [3.63, 3.8) is 0 Å². The van der Waals surface area contributed by atoms with Crippen LogP contribution in [0.1, 0.15) is 27.0 Å². The van der Waals surface area contributed by atoms with Gasteiger partial charge in [-0.1, -0.05) is 29.8 Å². The maximum Gasteiger partial charge on any atom is 0.337 e. The minimum Gasteiger partial charge on any atom is -0.465 e. The molecular formula is C23H22N4O6S. The molecule has 0 spiro atoms. The highest BCUT2D eigenvalue weighted by molar-refractivity contribution is 7.92. The van der Waals surface area contributed by atoms with E-state index in [0.29, 0.717) is 22.4 Å². The lowest BCUT2D eigenvalue weighted by molar-refractivity contribution is -0.385. The van der Waals surface area contributed by atoms with E-state index in [1.165, 1.54) is 25.5 Å². The summed E-state index contributed by atoms with van der Waals surface area (Å²) in [5.74, 6) is -0.473. The lowest BCUT2D eigenvalue weighted by Gasteiger charge is -2.14. The van der Waals surface area contributed by atoms with E-state index >= 15 is 0 Å². The Morgan fingerprint density at radius 1 is 1.03 bits per heavy atom. The lowest BCUT2D eigenvalue weighted by atomic mass is 10.1. The molecule has 0 heterocycles. The van der Waals surface area contributed by atoms with Crippen LogP contribution in [0.3, 0.4) is 0 Å². The van der Waals surface area contributed by atoms with Gasteiger partial charge in [-0.2, -0.15) is 5.10 Å². The third kappa shape index (κ3) is 5.75. The molecule has 0 radical (unpaired) electrons. The molecule has 0 amide bonds. The smallest absolute Gasteiger partial charge is 0.337 e. The number of hydrazone groups is 1. The van der Waals surface area contributed by atoms with Crippen molar-refractivity contribution in [2.75, 3.05) is 17.3 Å². The summed E-state index contributed by atoms with van der Waals surface area (Å²) in [5.41, 5.74) is 5.32. The van der Waals surface area contributed by atoms with Crippen LogP contribution < -0.4 is 10.1 Å². The zero-order chi connectivity index (χ0) is 24.9. The summed E-state index contributed by atoms with van der Waals surface area (Å²) in [4.78, 5) is 21.8. The normalized spacial score (nSPS) is 11.3. The number of carbonyl (C=O) groups is 1. The Morgan fingerprint density at radius 2 is 1.71 bits per heavy atom. The SMILES string of the molecule is COC(=O)c1ccc(/C=N/Nc2ccc([N+](=O)[O-])cc2S(=O)(=O)Nc2ccc(C)cc2C)cc1. The summed E-state index contributed by atoms with van der Waals surface area (Å²) < 4.78 is 33.4. The summed E-state index contributed by atoms with van der Waals surface area (Å²) in [7, 11) is -2.91. The minimum absolute atomic E-state index is 0.0466. The van der Waals surface area contributed by atoms with E-state index in [0.717, 1.165) is 11.6 Å². The van der Waals surface area contributed by atoms with Gasteiger partial charge in [0.15, 0.2) is 0 Å². The van der Waals surface area contributed by atoms with Gasteiger partial charge < -0.3 is 4.74 Å². The maximum absolute atomic E-state index is 13.1. The van der Waals surface area contributed by atoms with Crippen LogP contribution in [0.5, 0.6) is 0 Å². The molecule has 0 saturated carbocycles. The fraction of sp³-hybridized carbons (Fsp3) is 0.130. The molecule has 0 unspecified atom stereocenters. The first-order valence-electron chi connectivity index (χ1n) is 9.96. The second-order valence-corrected chi connectivity index (χ2v) is 9.00. The number of methoxy groups -OCH3 is 1. The molecule has 0 fully saturated rings. The van der Waals surface area contributed by atoms with Gasteiger partial charge in [-0.05, 0) is 49.2 Å². The van der Waals surface area contributed by atoms with E-state index in [-0.39, 0.29) is 16.3 Å². The Labute approximate surface area is 196 Å². The molecule has 0 atom stereocenters. The molecule has 3 aromatic rings. The molecule has 0 saturated heterocycles.